The predicted molar refractivity (Wildman–Crippen MR) is 102 cm³/mol. The fraction of sp³-hybridized carbons (Fsp3) is 0.0500. The number of nitrogens with one attached hydrogen (secondary N) is 2. The lowest BCUT2D eigenvalue weighted by atomic mass is 10.1. The van der Waals surface area contributed by atoms with E-state index < -0.39 is 5.91 Å². The number of primary amides is 1. The molecule has 0 fully saturated rings. The van der Waals surface area contributed by atoms with Gasteiger partial charge in [0.25, 0.3) is 5.56 Å². The van der Waals surface area contributed by atoms with Gasteiger partial charge in [-0.05, 0) is 48.0 Å². The summed E-state index contributed by atoms with van der Waals surface area (Å²) in [4.78, 5) is 30.5. The average molecular weight is 344 g/mol. The Morgan fingerprint density at radius 2 is 1.92 bits per heavy atom. The summed E-state index contributed by atoms with van der Waals surface area (Å²) >= 11 is 0. The van der Waals surface area contributed by atoms with Gasteiger partial charge in [-0.1, -0.05) is 12.1 Å². The first-order valence-corrected chi connectivity index (χ1v) is 8.15. The molecule has 26 heavy (non-hydrogen) atoms. The maximum Gasteiger partial charge on any atom is 0.257 e. The summed E-state index contributed by atoms with van der Waals surface area (Å²) in [6.07, 6.45) is 1.65. The number of benzene rings is 2. The van der Waals surface area contributed by atoms with Crippen LogP contribution < -0.4 is 16.6 Å². The summed E-state index contributed by atoms with van der Waals surface area (Å²) in [5, 5.41) is 5.67. The number of rotatable bonds is 4. The molecular formula is C20H16N4O2. The molecule has 2 aromatic heterocycles. The van der Waals surface area contributed by atoms with Crippen molar-refractivity contribution < 1.29 is 4.79 Å². The van der Waals surface area contributed by atoms with E-state index in [1.165, 1.54) is 0 Å². The van der Waals surface area contributed by atoms with Crippen LogP contribution in [0.4, 0.5) is 5.69 Å². The Balaban J connectivity index is 1.69. The SMILES string of the molecule is NC(=O)c1cccc(CNc2ccc3c(=O)[nH]c4ncccc4c3c2)c1. The maximum atomic E-state index is 12.2. The normalized spacial score (nSPS) is 10.9. The molecule has 4 rings (SSSR count). The van der Waals surface area contributed by atoms with E-state index in [-0.39, 0.29) is 5.56 Å². The second-order valence-electron chi connectivity index (χ2n) is 6.03. The number of aromatic nitrogens is 2. The zero-order valence-corrected chi connectivity index (χ0v) is 13.8. The van der Waals surface area contributed by atoms with Crippen molar-refractivity contribution in [3.8, 4) is 0 Å². The molecule has 0 aliphatic rings. The van der Waals surface area contributed by atoms with Crippen LogP contribution in [0.2, 0.25) is 0 Å². The monoisotopic (exact) mass is 344 g/mol. The second kappa shape index (κ2) is 6.33. The number of nitrogens with zero attached hydrogens (tertiary/aromatic N) is 1. The Labute approximate surface area is 148 Å². The van der Waals surface area contributed by atoms with Crippen LogP contribution >= 0.6 is 0 Å². The lowest BCUT2D eigenvalue weighted by Crippen LogP contribution is -2.11. The average Bonchev–Trinajstić information content (AvgIpc) is 2.66. The molecule has 4 N–H and O–H groups in total. The highest BCUT2D eigenvalue weighted by atomic mass is 16.1. The summed E-state index contributed by atoms with van der Waals surface area (Å²) in [6, 6.07) is 16.5. The maximum absolute atomic E-state index is 12.2. The number of amides is 1. The lowest BCUT2D eigenvalue weighted by Gasteiger charge is -2.09. The van der Waals surface area contributed by atoms with Gasteiger partial charge in [0, 0.05) is 40.2 Å². The molecular weight excluding hydrogens is 328 g/mol. The first-order chi connectivity index (χ1) is 12.6. The van der Waals surface area contributed by atoms with Crippen molar-refractivity contribution in [3.05, 3.63) is 82.3 Å². The van der Waals surface area contributed by atoms with Gasteiger partial charge in [0.15, 0.2) is 0 Å². The van der Waals surface area contributed by atoms with Gasteiger partial charge in [-0.15, -0.1) is 0 Å². The minimum Gasteiger partial charge on any atom is -0.381 e. The van der Waals surface area contributed by atoms with Gasteiger partial charge in [-0.25, -0.2) is 4.98 Å². The van der Waals surface area contributed by atoms with Gasteiger partial charge in [-0.3, -0.25) is 9.59 Å². The summed E-state index contributed by atoms with van der Waals surface area (Å²) in [6.45, 7) is 0.534. The molecule has 0 saturated carbocycles. The number of fused-ring (bicyclic) bond motifs is 3. The van der Waals surface area contributed by atoms with E-state index in [9.17, 15) is 9.59 Å². The van der Waals surface area contributed by atoms with E-state index >= 15 is 0 Å². The lowest BCUT2D eigenvalue weighted by molar-refractivity contribution is 0.1000. The minimum atomic E-state index is -0.448. The molecule has 6 heteroatoms. The third-order valence-corrected chi connectivity index (χ3v) is 4.30. The molecule has 0 aliphatic carbocycles. The Hall–Kier alpha value is -3.67. The zero-order valence-electron chi connectivity index (χ0n) is 13.8. The first-order valence-electron chi connectivity index (χ1n) is 8.15. The highest BCUT2D eigenvalue weighted by Gasteiger charge is 2.07. The van der Waals surface area contributed by atoms with Crippen molar-refractivity contribution in [1.82, 2.24) is 9.97 Å². The van der Waals surface area contributed by atoms with Crippen LogP contribution in [-0.4, -0.2) is 15.9 Å². The Morgan fingerprint density at radius 3 is 2.77 bits per heavy atom. The van der Waals surface area contributed by atoms with Crippen molar-refractivity contribution in [2.45, 2.75) is 6.54 Å². The van der Waals surface area contributed by atoms with Crippen molar-refractivity contribution in [1.29, 1.82) is 0 Å². The van der Waals surface area contributed by atoms with Gasteiger partial charge >= 0.3 is 0 Å². The smallest absolute Gasteiger partial charge is 0.257 e. The summed E-state index contributed by atoms with van der Waals surface area (Å²) in [7, 11) is 0. The molecule has 0 saturated heterocycles. The number of pyridine rings is 2. The molecule has 4 aromatic rings. The molecule has 6 nitrogen and oxygen atoms in total. The van der Waals surface area contributed by atoms with Gasteiger partial charge < -0.3 is 16.0 Å². The summed E-state index contributed by atoms with van der Waals surface area (Å²) in [5.41, 5.74) is 8.02. The highest BCUT2D eigenvalue weighted by molar-refractivity contribution is 6.05. The number of hydrogen-bond acceptors (Lipinski definition) is 4. The van der Waals surface area contributed by atoms with Gasteiger partial charge in [0.2, 0.25) is 5.91 Å². The van der Waals surface area contributed by atoms with Crippen molar-refractivity contribution in [3.63, 3.8) is 0 Å². The van der Waals surface area contributed by atoms with Crippen LogP contribution in [0, 0.1) is 0 Å². The quantitative estimate of drug-likeness (QED) is 0.496. The van der Waals surface area contributed by atoms with Crippen molar-refractivity contribution in [2.75, 3.05) is 5.32 Å². The third kappa shape index (κ3) is 2.88. The zero-order chi connectivity index (χ0) is 18.1. The van der Waals surface area contributed by atoms with Crippen molar-refractivity contribution in [2.24, 2.45) is 5.73 Å². The Morgan fingerprint density at radius 1 is 1.04 bits per heavy atom. The number of anilines is 1. The fourth-order valence-corrected chi connectivity index (χ4v) is 3.01. The molecule has 0 aliphatic heterocycles. The largest absolute Gasteiger partial charge is 0.381 e. The number of hydrogen-bond donors (Lipinski definition) is 3. The van der Waals surface area contributed by atoms with Gasteiger partial charge in [0.1, 0.15) is 5.65 Å². The van der Waals surface area contributed by atoms with Gasteiger partial charge in [-0.2, -0.15) is 0 Å². The van der Waals surface area contributed by atoms with E-state index in [0.717, 1.165) is 22.0 Å². The number of H-pyrrole nitrogens is 1. The highest BCUT2D eigenvalue weighted by Crippen LogP contribution is 2.23. The molecule has 0 atom stereocenters. The Kier molecular flexibility index (Phi) is 3.85. The van der Waals surface area contributed by atoms with E-state index in [1.807, 2.05) is 30.3 Å². The van der Waals surface area contributed by atoms with Crippen LogP contribution in [0.15, 0.2) is 65.6 Å². The first kappa shape index (κ1) is 15.8. The standard InChI is InChI=1S/C20H16N4O2/c21-18(25)13-4-1-3-12(9-13)11-23-14-6-7-16-17(10-14)15-5-2-8-22-19(15)24-20(16)26/h1-10,23H,11H2,(H2,21,25)(H,22,24,26). The molecule has 0 spiro atoms. The minimum absolute atomic E-state index is 0.160. The van der Waals surface area contributed by atoms with E-state index in [4.69, 9.17) is 5.73 Å². The van der Waals surface area contributed by atoms with Crippen LogP contribution in [0.3, 0.4) is 0 Å². The second-order valence-corrected chi connectivity index (χ2v) is 6.03. The molecule has 0 unspecified atom stereocenters. The molecule has 2 heterocycles. The van der Waals surface area contributed by atoms with E-state index in [0.29, 0.717) is 23.1 Å². The van der Waals surface area contributed by atoms with Crippen LogP contribution in [0.5, 0.6) is 0 Å². The number of carbonyl (C=O) groups excluding carboxylic acids is 1. The third-order valence-electron chi connectivity index (χ3n) is 4.30. The summed E-state index contributed by atoms with van der Waals surface area (Å²) in [5.74, 6) is -0.448. The molecule has 2 aromatic carbocycles. The predicted octanol–water partition coefficient (Wildman–Crippen LogP) is 2.79. The summed E-state index contributed by atoms with van der Waals surface area (Å²) < 4.78 is 0. The number of carbonyl (C=O) groups is 1. The van der Waals surface area contributed by atoms with Gasteiger partial charge in [0.05, 0.1) is 0 Å². The van der Waals surface area contributed by atoms with E-state index in [1.54, 1.807) is 30.5 Å². The van der Waals surface area contributed by atoms with Crippen LogP contribution in [0.25, 0.3) is 21.8 Å². The van der Waals surface area contributed by atoms with Crippen LogP contribution in [0.1, 0.15) is 15.9 Å². The number of aromatic amines is 1. The molecule has 128 valence electrons. The van der Waals surface area contributed by atoms with Crippen LogP contribution in [-0.2, 0) is 6.54 Å². The van der Waals surface area contributed by atoms with Crippen molar-refractivity contribution >= 4 is 33.4 Å². The fourth-order valence-electron chi connectivity index (χ4n) is 3.01. The number of nitrogens with two attached hydrogens (primary N) is 1. The topological polar surface area (TPSA) is 101 Å². The molecule has 0 bridgehead atoms. The molecule has 0 radical (unpaired) electrons. The molecule has 1 amide bonds. The Bertz CT molecular complexity index is 1200. The van der Waals surface area contributed by atoms with E-state index in [2.05, 4.69) is 15.3 Å².